The lowest BCUT2D eigenvalue weighted by Gasteiger charge is -2.62. The first kappa shape index (κ1) is 30.4. The number of carbonyl (C=O) groups is 2. The minimum atomic E-state index is -0.445. The van der Waals surface area contributed by atoms with Gasteiger partial charge in [-0.05, 0) is 124 Å². The minimum absolute atomic E-state index is 0.0256. The lowest BCUT2D eigenvalue weighted by molar-refractivity contribution is -0.186. The van der Waals surface area contributed by atoms with Gasteiger partial charge in [0.25, 0.3) is 0 Å². The summed E-state index contributed by atoms with van der Waals surface area (Å²) >= 11 is 0. The van der Waals surface area contributed by atoms with Crippen LogP contribution in [0.3, 0.4) is 0 Å². The fourth-order valence-corrected chi connectivity index (χ4v) is 9.55. The van der Waals surface area contributed by atoms with E-state index >= 15 is 0 Å². The molecule has 0 saturated heterocycles. The quantitative estimate of drug-likeness (QED) is 0.253. The predicted octanol–water partition coefficient (Wildman–Crippen LogP) is 6.84. The van der Waals surface area contributed by atoms with Crippen molar-refractivity contribution in [2.24, 2.45) is 51.8 Å². The van der Waals surface area contributed by atoms with Crippen LogP contribution in [0.15, 0.2) is 0 Å². The van der Waals surface area contributed by atoms with E-state index in [2.05, 4.69) is 20.8 Å². The van der Waals surface area contributed by atoms with Gasteiger partial charge in [-0.3, -0.25) is 9.59 Å². The van der Waals surface area contributed by atoms with Crippen LogP contribution in [0, 0.1) is 63.1 Å². The highest BCUT2D eigenvalue weighted by Gasteiger charge is 2.63. The Morgan fingerprint density at radius 2 is 1.77 bits per heavy atom. The smallest absolute Gasteiger partial charge is 0.311 e. The van der Waals surface area contributed by atoms with Gasteiger partial charge < -0.3 is 14.6 Å². The molecule has 39 heavy (non-hydrogen) atoms. The second-order valence-corrected chi connectivity index (χ2v) is 14.7. The summed E-state index contributed by atoms with van der Waals surface area (Å²) in [5.74, 6) is 2.52. The lowest BCUT2D eigenvalue weighted by Crippen LogP contribution is -2.59. The molecule has 4 rings (SSSR count). The van der Waals surface area contributed by atoms with E-state index in [0.717, 1.165) is 44.9 Å². The number of hydrogen-bond acceptors (Lipinski definition) is 6. The maximum Gasteiger partial charge on any atom is 0.311 e. The average Bonchev–Trinajstić information content (AvgIpc) is 3.25. The van der Waals surface area contributed by atoms with Crippen molar-refractivity contribution in [2.75, 3.05) is 6.61 Å². The molecular formula is C33H53NO5. The van der Waals surface area contributed by atoms with Crippen molar-refractivity contribution in [3.63, 3.8) is 0 Å². The van der Waals surface area contributed by atoms with Crippen molar-refractivity contribution in [1.29, 1.82) is 5.26 Å². The Morgan fingerprint density at radius 1 is 1.08 bits per heavy atom. The number of aliphatic hydroxyl groups excluding tert-OH is 1. The molecule has 0 aromatic heterocycles. The standard InChI is InChI=1S/C33H53NO5/c1-7-31(3,4)30(37)39-23-13-15-32(5)22(19-23)20-27(35)29-25-11-10-24(33(25,6)16-14-26(29)32)21(2)9-12-28(36)38-18-8-17-34/h21-27,29,35H,7-16,18-20H2,1-6H3/t21?,22?,23?,24?,25?,26?,27?,29?,32-,33+/m0/s1. The van der Waals surface area contributed by atoms with Gasteiger partial charge in [0.2, 0.25) is 0 Å². The maximum atomic E-state index is 12.8. The first-order valence-electron chi connectivity index (χ1n) is 15.8. The average molecular weight is 544 g/mol. The Balaban J connectivity index is 1.40. The summed E-state index contributed by atoms with van der Waals surface area (Å²) in [5, 5.41) is 20.3. The van der Waals surface area contributed by atoms with Crippen LogP contribution in [0.5, 0.6) is 0 Å². The number of hydrogen-bond donors (Lipinski definition) is 1. The van der Waals surface area contributed by atoms with E-state index < -0.39 is 5.41 Å². The van der Waals surface area contributed by atoms with Crippen molar-refractivity contribution >= 4 is 11.9 Å². The summed E-state index contributed by atoms with van der Waals surface area (Å²) in [6, 6.07) is 2.01. The third-order valence-electron chi connectivity index (χ3n) is 12.4. The SMILES string of the molecule is CCC(C)(C)C(=O)OC1CC[C@@]2(C)C(C1)CC(O)C1C3CCC(C(C)CCC(=O)OCCC#N)[C@@]3(C)CCC12. The zero-order chi connectivity index (χ0) is 28.6. The molecular weight excluding hydrogens is 490 g/mol. The Morgan fingerprint density at radius 3 is 2.46 bits per heavy atom. The number of aliphatic hydroxyl groups is 1. The van der Waals surface area contributed by atoms with E-state index in [1.165, 1.54) is 19.3 Å². The Bertz CT molecular complexity index is 941. The molecule has 1 N–H and O–H groups in total. The van der Waals surface area contributed by atoms with Gasteiger partial charge in [-0.1, -0.05) is 27.7 Å². The Labute approximate surface area is 236 Å². The van der Waals surface area contributed by atoms with Crippen molar-refractivity contribution in [1.82, 2.24) is 0 Å². The number of fused-ring (bicyclic) bond motifs is 5. The molecule has 4 aliphatic carbocycles. The molecule has 0 spiro atoms. The fourth-order valence-electron chi connectivity index (χ4n) is 9.55. The molecule has 6 heteroatoms. The third-order valence-corrected chi connectivity index (χ3v) is 12.4. The Hall–Kier alpha value is -1.61. The van der Waals surface area contributed by atoms with Crippen LogP contribution in [-0.4, -0.2) is 35.9 Å². The molecule has 0 heterocycles. The molecule has 220 valence electrons. The van der Waals surface area contributed by atoms with E-state index in [4.69, 9.17) is 14.7 Å². The highest BCUT2D eigenvalue weighted by molar-refractivity contribution is 5.76. The molecule has 0 radical (unpaired) electrons. The normalized spacial score (nSPS) is 40.4. The summed E-state index contributed by atoms with van der Waals surface area (Å²) in [4.78, 5) is 24.9. The van der Waals surface area contributed by atoms with Gasteiger partial charge in [-0.15, -0.1) is 0 Å². The number of rotatable bonds is 9. The van der Waals surface area contributed by atoms with E-state index in [1.807, 2.05) is 26.8 Å². The number of nitriles is 1. The van der Waals surface area contributed by atoms with Crippen LogP contribution in [0.25, 0.3) is 0 Å². The molecule has 0 bridgehead atoms. The van der Waals surface area contributed by atoms with Crippen molar-refractivity contribution in [2.45, 2.75) is 131 Å². The summed E-state index contributed by atoms with van der Waals surface area (Å²) in [7, 11) is 0. The maximum absolute atomic E-state index is 12.8. The van der Waals surface area contributed by atoms with Gasteiger partial charge in [0.05, 0.1) is 24.0 Å². The highest BCUT2D eigenvalue weighted by atomic mass is 16.5. The first-order chi connectivity index (χ1) is 18.4. The molecule has 6 nitrogen and oxygen atoms in total. The molecule has 4 aliphatic rings. The van der Waals surface area contributed by atoms with E-state index in [0.29, 0.717) is 41.9 Å². The van der Waals surface area contributed by atoms with Crippen LogP contribution in [0.2, 0.25) is 0 Å². The van der Waals surface area contributed by atoms with Gasteiger partial charge in [-0.2, -0.15) is 5.26 Å². The van der Waals surface area contributed by atoms with Crippen LogP contribution < -0.4 is 0 Å². The summed E-state index contributed by atoms with van der Waals surface area (Å²) in [6.07, 6.45) is 10.4. The number of nitrogens with zero attached hydrogens (tertiary/aromatic N) is 1. The molecule has 0 amide bonds. The molecule has 10 atom stereocenters. The van der Waals surface area contributed by atoms with Crippen molar-refractivity contribution < 1.29 is 24.2 Å². The van der Waals surface area contributed by atoms with Crippen molar-refractivity contribution in [3.05, 3.63) is 0 Å². The van der Waals surface area contributed by atoms with Crippen molar-refractivity contribution in [3.8, 4) is 6.07 Å². The molecule has 4 fully saturated rings. The summed E-state index contributed by atoms with van der Waals surface area (Å²) in [6.45, 7) is 13.4. The van der Waals surface area contributed by atoms with Crippen LogP contribution in [0.1, 0.15) is 119 Å². The van der Waals surface area contributed by atoms with Gasteiger partial charge in [0.15, 0.2) is 0 Å². The van der Waals surface area contributed by atoms with E-state index in [-0.39, 0.29) is 48.0 Å². The van der Waals surface area contributed by atoms with Crippen LogP contribution in [0.4, 0.5) is 0 Å². The summed E-state index contributed by atoms with van der Waals surface area (Å²) < 4.78 is 11.2. The monoisotopic (exact) mass is 543 g/mol. The second kappa shape index (κ2) is 11.7. The molecule has 0 aliphatic heterocycles. The van der Waals surface area contributed by atoms with Crippen LogP contribution in [-0.2, 0) is 19.1 Å². The lowest BCUT2D eigenvalue weighted by atomic mass is 9.43. The first-order valence-corrected chi connectivity index (χ1v) is 15.8. The summed E-state index contributed by atoms with van der Waals surface area (Å²) in [5.41, 5.74) is -0.0428. The molecule has 8 unspecified atom stereocenters. The number of esters is 2. The van der Waals surface area contributed by atoms with E-state index in [9.17, 15) is 14.7 Å². The van der Waals surface area contributed by atoms with Gasteiger partial charge in [0, 0.05) is 6.42 Å². The largest absolute Gasteiger partial charge is 0.465 e. The fraction of sp³-hybridized carbons (Fsp3) is 0.909. The van der Waals surface area contributed by atoms with Gasteiger partial charge >= 0.3 is 11.9 Å². The molecule has 0 aromatic rings. The number of ether oxygens (including phenoxy) is 2. The second-order valence-electron chi connectivity index (χ2n) is 14.7. The van der Waals surface area contributed by atoms with Gasteiger partial charge in [-0.25, -0.2) is 0 Å². The van der Waals surface area contributed by atoms with E-state index in [1.54, 1.807) is 0 Å². The zero-order valence-electron chi connectivity index (χ0n) is 25.3. The molecule has 4 saturated carbocycles. The topological polar surface area (TPSA) is 96.6 Å². The minimum Gasteiger partial charge on any atom is -0.465 e. The zero-order valence-corrected chi connectivity index (χ0v) is 25.3. The molecule has 0 aromatic carbocycles. The number of carbonyl (C=O) groups excluding carboxylic acids is 2. The third kappa shape index (κ3) is 5.77. The Kier molecular flexibility index (Phi) is 9.11. The van der Waals surface area contributed by atoms with Gasteiger partial charge in [0.1, 0.15) is 12.7 Å². The predicted molar refractivity (Wildman–Crippen MR) is 150 cm³/mol. The van der Waals surface area contributed by atoms with Crippen LogP contribution >= 0.6 is 0 Å². The highest BCUT2D eigenvalue weighted by Crippen LogP contribution is 2.68.